The summed E-state index contributed by atoms with van der Waals surface area (Å²) in [6.07, 6.45) is 0. The highest BCUT2D eigenvalue weighted by atomic mass is 35.5. The van der Waals surface area contributed by atoms with Gasteiger partial charge >= 0.3 is 0 Å². The van der Waals surface area contributed by atoms with Gasteiger partial charge in [-0.05, 0) is 30.3 Å². The number of nitrogens with two attached hydrogens (primary N) is 1. The summed E-state index contributed by atoms with van der Waals surface area (Å²) in [5.41, 5.74) is 7.84. The van der Waals surface area contributed by atoms with Gasteiger partial charge in [0.15, 0.2) is 0 Å². The van der Waals surface area contributed by atoms with Gasteiger partial charge in [-0.1, -0.05) is 35.9 Å². The van der Waals surface area contributed by atoms with Crippen LogP contribution in [0.2, 0.25) is 5.02 Å². The van der Waals surface area contributed by atoms with Gasteiger partial charge in [0.25, 0.3) is 0 Å². The zero-order valence-corrected chi connectivity index (χ0v) is 12.7. The molecule has 0 saturated carbocycles. The Morgan fingerprint density at radius 3 is 2.71 bits per heavy atom. The number of para-hydroxylation sites is 1. The second-order valence-corrected chi connectivity index (χ2v) is 6.53. The number of pyridine rings is 1. The summed E-state index contributed by atoms with van der Waals surface area (Å²) in [5, 5.41) is 1.50. The molecule has 0 radical (unpaired) electrons. The average Bonchev–Trinajstić information content (AvgIpc) is 2.50. The molecule has 3 nitrogen and oxygen atoms in total. The minimum Gasteiger partial charge on any atom is -0.398 e. The van der Waals surface area contributed by atoms with Gasteiger partial charge in [-0.3, -0.25) is 9.19 Å². The maximum absolute atomic E-state index is 12.4. The highest BCUT2D eigenvalue weighted by Crippen LogP contribution is 2.23. The Kier molecular flexibility index (Phi) is 3.90. The molecule has 0 amide bonds. The van der Waals surface area contributed by atoms with E-state index in [1.165, 1.54) is 0 Å². The zero-order chi connectivity index (χ0) is 14.8. The van der Waals surface area contributed by atoms with E-state index in [0.29, 0.717) is 21.4 Å². The van der Waals surface area contributed by atoms with Crippen molar-refractivity contribution in [3.05, 3.63) is 65.3 Å². The van der Waals surface area contributed by atoms with Crippen molar-refractivity contribution < 1.29 is 4.21 Å². The fourth-order valence-electron chi connectivity index (χ4n) is 2.06. The van der Waals surface area contributed by atoms with Crippen molar-refractivity contribution in [3.8, 4) is 0 Å². The molecule has 3 rings (SSSR count). The van der Waals surface area contributed by atoms with E-state index in [1.54, 1.807) is 18.2 Å². The van der Waals surface area contributed by atoms with Crippen LogP contribution in [-0.4, -0.2) is 9.19 Å². The topological polar surface area (TPSA) is 56.0 Å². The minimum atomic E-state index is -1.20. The van der Waals surface area contributed by atoms with Gasteiger partial charge in [-0.2, -0.15) is 0 Å². The Balaban J connectivity index is 1.87. The number of anilines is 1. The monoisotopic (exact) mass is 316 g/mol. The van der Waals surface area contributed by atoms with E-state index in [1.807, 2.05) is 36.4 Å². The Bertz CT molecular complexity index is 835. The molecule has 3 aromatic rings. The molecule has 0 saturated heterocycles. The highest BCUT2D eigenvalue weighted by molar-refractivity contribution is 7.84. The Morgan fingerprint density at radius 2 is 1.90 bits per heavy atom. The van der Waals surface area contributed by atoms with Crippen LogP contribution in [0.15, 0.2) is 59.5 Å². The molecule has 5 heteroatoms. The SMILES string of the molecule is Nc1ccc(S(=O)Cc2ccc3ccccc3n2)cc1Cl. The second kappa shape index (κ2) is 5.84. The van der Waals surface area contributed by atoms with E-state index in [0.717, 1.165) is 16.6 Å². The average molecular weight is 317 g/mol. The number of rotatable bonds is 3. The molecular weight excluding hydrogens is 304 g/mol. The van der Waals surface area contributed by atoms with Crippen LogP contribution in [0.1, 0.15) is 5.69 Å². The van der Waals surface area contributed by atoms with Crippen LogP contribution in [0.5, 0.6) is 0 Å². The van der Waals surface area contributed by atoms with Crippen LogP contribution in [0.25, 0.3) is 10.9 Å². The van der Waals surface area contributed by atoms with Crippen molar-refractivity contribution >= 4 is 39.0 Å². The highest BCUT2D eigenvalue weighted by Gasteiger charge is 2.09. The summed E-state index contributed by atoms with van der Waals surface area (Å²) in [4.78, 5) is 5.19. The van der Waals surface area contributed by atoms with Crippen LogP contribution < -0.4 is 5.73 Å². The summed E-state index contributed by atoms with van der Waals surface area (Å²) in [5.74, 6) is 0.352. The molecule has 0 spiro atoms. The van der Waals surface area contributed by atoms with Crippen LogP contribution in [0.3, 0.4) is 0 Å². The van der Waals surface area contributed by atoms with E-state index in [4.69, 9.17) is 17.3 Å². The van der Waals surface area contributed by atoms with Gasteiger partial charge in [-0.15, -0.1) is 0 Å². The lowest BCUT2D eigenvalue weighted by Gasteiger charge is -2.05. The summed E-state index contributed by atoms with van der Waals surface area (Å²) < 4.78 is 12.4. The fourth-order valence-corrected chi connectivity index (χ4v) is 3.37. The predicted molar refractivity (Wildman–Crippen MR) is 87.7 cm³/mol. The molecule has 1 unspecified atom stereocenters. The summed E-state index contributed by atoms with van der Waals surface area (Å²) in [6.45, 7) is 0. The molecule has 0 aliphatic carbocycles. The first-order valence-electron chi connectivity index (χ1n) is 6.41. The van der Waals surface area contributed by atoms with Crippen molar-refractivity contribution in [1.82, 2.24) is 4.98 Å². The molecule has 2 aromatic carbocycles. The molecule has 1 atom stereocenters. The van der Waals surface area contributed by atoms with Gasteiger partial charge in [0.05, 0.1) is 38.5 Å². The number of fused-ring (bicyclic) bond motifs is 1. The quantitative estimate of drug-likeness (QED) is 0.748. The number of benzene rings is 2. The predicted octanol–water partition coefficient (Wildman–Crippen LogP) is 3.78. The van der Waals surface area contributed by atoms with Crippen LogP contribution >= 0.6 is 11.6 Å². The Morgan fingerprint density at radius 1 is 1.10 bits per heavy atom. The Hall–Kier alpha value is -1.91. The minimum absolute atomic E-state index is 0.352. The van der Waals surface area contributed by atoms with Crippen molar-refractivity contribution in [2.75, 3.05) is 5.73 Å². The maximum atomic E-state index is 12.4. The molecule has 0 fully saturated rings. The number of nitrogen functional groups attached to an aromatic ring is 1. The lowest BCUT2D eigenvalue weighted by atomic mass is 10.2. The number of halogens is 1. The van der Waals surface area contributed by atoms with Gasteiger partial charge < -0.3 is 5.73 Å². The third-order valence-corrected chi connectivity index (χ3v) is 4.83. The number of hydrogen-bond donors (Lipinski definition) is 1. The van der Waals surface area contributed by atoms with E-state index >= 15 is 0 Å². The number of hydrogen-bond acceptors (Lipinski definition) is 3. The molecule has 0 aliphatic rings. The van der Waals surface area contributed by atoms with Gasteiger partial charge in [0, 0.05) is 10.3 Å². The molecule has 2 N–H and O–H groups in total. The largest absolute Gasteiger partial charge is 0.398 e. The molecular formula is C16H13ClN2OS. The van der Waals surface area contributed by atoms with E-state index in [9.17, 15) is 4.21 Å². The molecule has 106 valence electrons. The lowest BCUT2D eigenvalue weighted by molar-refractivity contribution is 0.682. The van der Waals surface area contributed by atoms with Gasteiger partial charge in [0.2, 0.25) is 0 Å². The van der Waals surface area contributed by atoms with Crippen LogP contribution in [0, 0.1) is 0 Å². The van der Waals surface area contributed by atoms with Crippen molar-refractivity contribution in [3.63, 3.8) is 0 Å². The van der Waals surface area contributed by atoms with E-state index < -0.39 is 10.8 Å². The summed E-state index contributed by atoms with van der Waals surface area (Å²) in [6, 6.07) is 16.8. The zero-order valence-electron chi connectivity index (χ0n) is 11.1. The van der Waals surface area contributed by atoms with Gasteiger partial charge in [-0.25, -0.2) is 0 Å². The smallest absolute Gasteiger partial charge is 0.0705 e. The van der Waals surface area contributed by atoms with Crippen molar-refractivity contribution in [1.29, 1.82) is 0 Å². The van der Waals surface area contributed by atoms with Gasteiger partial charge in [0.1, 0.15) is 0 Å². The third-order valence-electron chi connectivity index (χ3n) is 3.17. The molecule has 0 bridgehead atoms. The molecule has 21 heavy (non-hydrogen) atoms. The maximum Gasteiger partial charge on any atom is 0.0705 e. The van der Waals surface area contributed by atoms with E-state index in [-0.39, 0.29) is 0 Å². The lowest BCUT2D eigenvalue weighted by Crippen LogP contribution is -1.99. The van der Waals surface area contributed by atoms with E-state index in [2.05, 4.69) is 4.98 Å². The first kappa shape index (κ1) is 14.0. The van der Waals surface area contributed by atoms with Crippen molar-refractivity contribution in [2.24, 2.45) is 0 Å². The van der Waals surface area contributed by atoms with Crippen LogP contribution in [-0.2, 0) is 16.6 Å². The molecule has 1 heterocycles. The first-order chi connectivity index (χ1) is 10.1. The van der Waals surface area contributed by atoms with Crippen molar-refractivity contribution in [2.45, 2.75) is 10.6 Å². The fraction of sp³-hybridized carbons (Fsp3) is 0.0625. The molecule has 0 aliphatic heterocycles. The summed E-state index contributed by atoms with van der Waals surface area (Å²) >= 11 is 5.96. The first-order valence-corrected chi connectivity index (χ1v) is 8.11. The molecule has 1 aromatic heterocycles. The Labute approximate surface area is 130 Å². The third kappa shape index (κ3) is 3.06. The number of nitrogens with zero attached hydrogens (tertiary/aromatic N) is 1. The van der Waals surface area contributed by atoms with Crippen LogP contribution in [0.4, 0.5) is 5.69 Å². The normalized spacial score (nSPS) is 12.4. The standard InChI is InChI=1S/C16H13ClN2OS/c17-14-9-13(7-8-15(14)18)21(20)10-12-6-5-11-3-1-2-4-16(11)19-12/h1-9H,10,18H2. The second-order valence-electron chi connectivity index (χ2n) is 4.67. The summed E-state index contributed by atoms with van der Waals surface area (Å²) in [7, 11) is -1.20. The number of aromatic nitrogens is 1.